The van der Waals surface area contributed by atoms with Crippen molar-refractivity contribution in [2.24, 2.45) is 0 Å². The van der Waals surface area contributed by atoms with Crippen LogP contribution in [0.25, 0.3) is 0 Å². The monoisotopic (exact) mass is 236 g/mol. The largest absolute Gasteiger partial charge is 0.383 e. The predicted octanol–water partition coefficient (Wildman–Crippen LogP) is 0.966. The van der Waals surface area contributed by atoms with Crippen LogP contribution in [0.3, 0.4) is 0 Å². The number of methoxy groups -OCH3 is 1. The second kappa shape index (κ2) is 5.42. The lowest BCUT2D eigenvalue weighted by atomic mass is 9.98. The molecule has 1 aliphatic rings. The molecule has 17 heavy (non-hydrogen) atoms. The molecule has 94 valence electrons. The van der Waals surface area contributed by atoms with E-state index in [4.69, 9.17) is 4.74 Å². The zero-order valence-electron chi connectivity index (χ0n) is 10.5. The Labute approximate surface area is 102 Å². The summed E-state index contributed by atoms with van der Waals surface area (Å²) in [6.45, 7) is 4.56. The van der Waals surface area contributed by atoms with Crippen molar-refractivity contribution < 1.29 is 4.74 Å². The van der Waals surface area contributed by atoms with Gasteiger partial charge in [-0.25, -0.2) is 4.98 Å². The van der Waals surface area contributed by atoms with E-state index in [0.717, 1.165) is 37.6 Å². The number of rotatable bonds is 5. The molecule has 1 aromatic rings. The van der Waals surface area contributed by atoms with Gasteiger partial charge in [-0.2, -0.15) is 0 Å². The quantitative estimate of drug-likeness (QED) is 0.797. The smallest absolute Gasteiger partial charge is 0.147 e. The fourth-order valence-electron chi connectivity index (χ4n) is 2.30. The Bertz CT molecular complexity index is 363. The summed E-state index contributed by atoms with van der Waals surface area (Å²) in [4.78, 5) is 8.50. The van der Waals surface area contributed by atoms with Crippen LogP contribution in [0.15, 0.2) is 12.4 Å². The maximum atomic E-state index is 5.31. The molecule has 0 radical (unpaired) electrons. The molecule has 1 unspecified atom stereocenters. The molecule has 2 rings (SSSR count). The molecule has 0 aromatic carbocycles. The van der Waals surface area contributed by atoms with Gasteiger partial charge in [0, 0.05) is 26.0 Å². The van der Waals surface area contributed by atoms with Crippen molar-refractivity contribution in [2.45, 2.75) is 25.3 Å². The zero-order valence-corrected chi connectivity index (χ0v) is 10.5. The van der Waals surface area contributed by atoms with Gasteiger partial charge >= 0.3 is 0 Å². The van der Waals surface area contributed by atoms with Crippen molar-refractivity contribution in [1.82, 2.24) is 15.3 Å². The van der Waals surface area contributed by atoms with Gasteiger partial charge < -0.3 is 15.4 Å². The summed E-state index contributed by atoms with van der Waals surface area (Å²) in [5.74, 6) is 0.858. The SMILES string of the molecule is COCC1(CNc2nccnc2C)CCCN1. The Morgan fingerprint density at radius 2 is 2.29 bits per heavy atom. The molecule has 2 N–H and O–H groups in total. The molecule has 1 fully saturated rings. The molecule has 0 spiro atoms. The summed E-state index contributed by atoms with van der Waals surface area (Å²) in [7, 11) is 1.75. The molecule has 0 amide bonds. The van der Waals surface area contributed by atoms with Crippen molar-refractivity contribution in [3.8, 4) is 0 Å². The summed E-state index contributed by atoms with van der Waals surface area (Å²) in [5, 5.41) is 6.89. The van der Waals surface area contributed by atoms with Crippen molar-refractivity contribution in [2.75, 3.05) is 32.1 Å². The minimum absolute atomic E-state index is 0.0404. The van der Waals surface area contributed by atoms with E-state index in [2.05, 4.69) is 20.6 Å². The van der Waals surface area contributed by atoms with E-state index in [-0.39, 0.29) is 5.54 Å². The Morgan fingerprint density at radius 3 is 2.94 bits per heavy atom. The summed E-state index contributed by atoms with van der Waals surface area (Å²) >= 11 is 0. The van der Waals surface area contributed by atoms with Crippen LogP contribution in [-0.2, 0) is 4.74 Å². The van der Waals surface area contributed by atoms with Crippen molar-refractivity contribution in [3.63, 3.8) is 0 Å². The average Bonchev–Trinajstić information content (AvgIpc) is 2.78. The Hall–Kier alpha value is -1.20. The molecule has 0 aliphatic carbocycles. The fraction of sp³-hybridized carbons (Fsp3) is 0.667. The van der Waals surface area contributed by atoms with Crippen LogP contribution in [0.4, 0.5) is 5.82 Å². The van der Waals surface area contributed by atoms with Gasteiger partial charge in [0.15, 0.2) is 0 Å². The van der Waals surface area contributed by atoms with Crippen LogP contribution < -0.4 is 10.6 Å². The molecule has 1 aromatic heterocycles. The lowest BCUT2D eigenvalue weighted by molar-refractivity contribution is 0.127. The van der Waals surface area contributed by atoms with Crippen LogP contribution in [0.2, 0.25) is 0 Å². The topological polar surface area (TPSA) is 59.1 Å². The highest BCUT2D eigenvalue weighted by molar-refractivity contribution is 5.39. The van der Waals surface area contributed by atoms with Gasteiger partial charge in [-0.3, -0.25) is 4.98 Å². The summed E-state index contributed by atoms with van der Waals surface area (Å²) < 4.78 is 5.31. The highest BCUT2D eigenvalue weighted by Crippen LogP contribution is 2.20. The standard InChI is InChI=1S/C12H20N4O/c1-10-11(14-7-6-13-10)15-8-12(9-17-2)4-3-5-16-12/h6-7,16H,3-5,8-9H2,1-2H3,(H,14,15). The first-order chi connectivity index (χ1) is 8.26. The highest BCUT2D eigenvalue weighted by Gasteiger charge is 2.33. The zero-order chi connectivity index (χ0) is 12.1. The number of ether oxygens (including phenoxy) is 1. The van der Waals surface area contributed by atoms with E-state index in [9.17, 15) is 0 Å². The first-order valence-corrected chi connectivity index (χ1v) is 6.01. The maximum Gasteiger partial charge on any atom is 0.147 e. The first-order valence-electron chi connectivity index (χ1n) is 6.01. The van der Waals surface area contributed by atoms with Gasteiger partial charge in [0.1, 0.15) is 5.82 Å². The Morgan fingerprint density at radius 1 is 1.47 bits per heavy atom. The number of nitrogens with one attached hydrogen (secondary N) is 2. The van der Waals surface area contributed by atoms with Gasteiger partial charge in [0.25, 0.3) is 0 Å². The van der Waals surface area contributed by atoms with Crippen LogP contribution in [0.5, 0.6) is 0 Å². The number of nitrogens with zero attached hydrogens (tertiary/aromatic N) is 2. The van der Waals surface area contributed by atoms with Gasteiger partial charge in [-0.1, -0.05) is 0 Å². The van der Waals surface area contributed by atoms with E-state index in [1.165, 1.54) is 6.42 Å². The molecule has 5 heteroatoms. The lowest BCUT2D eigenvalue weighted by Crippen LogP contribution is -2.49. The Kier molecular flexibility index (Phi) is 3.91. The third-order valence-corrected chi connectivity index (χ3v) is 3.23. The summed E-state index contributed by atoms with van der Waals surface area (Å²) in [6, 6.07) is 0. The number of hydrogen-bond donors (Lipinski definition) is 2. The molecule has 2 heterocycles. The third-order valence-electron chi connectivity index (χ3n) is 3.23. The van der Waals surface area contributed by atoms with Crippen LogP contribution >= 0.6 is 0 Å². The number of aryl methyl sites for hydroxylation is 1. The number of hydrogen-bond acceptors (Lipinski definition) is 5. The molecular formula is C12H20N4O. The van der Waals surface area contributed by atoms with Gasteiger partial charge in [-0.05, 0) is 26.3 Å². The summed E-state index contributed by atoms with van der Waals surface area (Å²) in [6.07, 6.45) is 5.75. The van der Waals surface area contributed by atoms with E-state index in [0.29, 0.717) is 0 Å². The van der Waals surface area contributed by atoms with E-state index >= 15 is 0 Å². The van der Waals surface area contributed by atoms with Gasteiger partial charge in [0.2, 0.25) is 0 Å². The highest BCUT2D eigenvalue weighted by atomic mass is 16.5. The van der Waals surface area contributed by atoms with E-state index in [1.54, 1.807) is 19.5 Å². The second-order valence-corrected chi connectivity index (χ2v) is 4.59. The minimum Gasteiger partial charge on any atom is -0.383 e. The molecule has 5 nitrogen and oxygen atoms in total. The molecule has 1 aliphatic heterocycles. The van der Waals surface area contributed by atoms with Gasteiger partial charge in [0.05, 0.1) is 17.8 Å². The molecule has 1 saturated heterocycles. The van der Waals surface area contributed by atoms with Crippen LogP contribution in [0.1, 0.15) is 18.5 Å². The van der Waals surface area contributed by atoms with Crippen LogP contribution in [-0.4, -0.2) is 42.3 Å². The van der Waals surface area contributed by atoms with Gasteiger partial charge in [-0.15, -0.1) is 0 Å². The second-order valence-electron chi connectivity index (χ2n) is 4.59. The average molecular weight is 236 g/mol. The molecular weight excluding hydrogens is 216 g/mol. The molecule has 0 bridgehead atoms. The van der Waals surface area contributed by atoms with Crippen molar-refractivity contribution in [1.29, 1.82) is 0 Å². The van der Waals surface area contributed by atoms with Crippen LogP contribution in [0, 0.1) is 6.92 Å². The normalized spacial score (nSPS) is 23.9. The predicted molar refractivity (Wildman–Crippen MR) is 67.1 cm³/mol. The summed E-state index contributed by atoms with van der Waals surface area (Å²) in [5.41, 5.74) is 0.969. The molecule has 0 saturated carbocycles. The van der Waals surface area contributed by atoms with E-state index in [1.807, 2.05) is 6.92 Å². The Balaban J connectivity index is 1.98. The van der Waals surface area contributed by atoms with Crippen molar-refractivity contribution >= 4 is 5.82 Å². The fourth-order valence-corrected chi connectivity index (χ4v) is 2.30. The lowest BCUT2D eigenvalue weighted by Gasteiger charge is -2.29. The minimum atomic E-state index is 0.0404. The van der Waals surface area contributed by atoms with Crippen molar-refractivity contribution in [3.05, 3.63) is 18.1 Å². The van der Waals surface area contributed by atoms with E-state index < -0.39 is 0 Å². The number of aromatic nitrogens is 2. The molecule has 1 atom stereocenters. The maximum absolute atomic E-state index is 5.31. The number of anilines is 1. The third kappa shape index (κ3) is 2.92. The first kappa shape index (κ1) is 12.3.